The highest BCUT2D eigenvalue weighted by atomic mass is 16.3. The van der Waals surface area contributed by atoms with E-state index in [0.29, 0.717) is 23.0 Å². The number of hydrogen-bond acceptors (Lipinski definition) is 4. The van der Waals surface area contributed by atoms with E-state index in [1.54, 1.807) is 24.3 Å². The lowest BCUT2D eigenvalue weighted by molar-refractivity contribution is 0.564. The molecule has 0 fully saturated rings. The topological polar surface area (TPSA) is 87.5 Å². The highest BCUT2D eigenvalue weighted by Gasteiger charge is 2.18. The van der Waals surface area contributed by atoms with Crippen molar-refractivity contribution >= 4 is 12.2 Å². The fraction of sp³-hybridized carbons (Fsp3) is 0. The quantitative estimate of drug-likeness (QED) is 0.154. The van der Waals surface area contributed by atoms with E-state index < -0.39 is 0 Å². The minimum atomic E-state index is -0.00815. The van der Waals surface area contributed by atoms with Gasteiger partial charge in [-0.25, -0.2) is 20.2 Å². The van der Waals surface area contributed by atoms with Gasteiger partial charge >= 0.3 is 0 Å². The maximum Gasteiger partial charge on any atom is 0.261 e. The number of rotatable bonds is 7. The molecule has 4 aromatic rings. The van der Waals surface area contributed by atoms with Crippen molar-refractivity contribution in [1.82, 2.24) is 4.57 Å². The third kappa shape index (κ3) is 5.56. The molecular weight excluding hydrogens is 462 g/mol. The van der Waals surface area contributed by atoms with Crippen molar-refractivity contribution in [3.63, 3.8) is 0 Å². The number of benzene rings is 1. The van der Waals surface area contributed by atoms with Gasteiger partial charge in [0.05, 0.1) is 36.7 Å². The second kappa shape index (κ2) is 11.4. The SMILES string of the molecule is [C-]#[N+]/C(C#N)=C\C=C\c1ccc(-c2ccc(-c3ccc(/C=C/C=C(\C#N)[N+]#[C-])o3)n2-c2ccccc2)o1. The lowest BCUT2D eigenvalue weighted by Crippen LogP contribution is -1.98. The predicted octanol–water partition coefficient (Wildman–Crippen LogP) is 7.68. The molecule has 37 heavy (non-hydrogen) atoms. The number of furan rings is 2. The van der Waals surface area contributed by atoms with Crippen molar-refractivity contribution in [1.29, 1.82) is 10.5 Å². The van der Waals surface area contributed by atoms with Crippen molar-refractivity contribution in [2.24, 2.45) is 0 Å². The van der Waals surface area contributed by atoms with Crippen LogP contribution < -0.4 is 0 Å². The number of nitriles is 2. The summed E-state index contributed by atoms with van der Waals surface area (Å²) in [6.45, 7) is 13.9. The standard InChI is InChI=1S/C30H17N5O2/c1-33-22(20-31)8-6-12-25-14-18-29(36-25)27-16-17-28(35(27)24-10-4-3-5-11-24)30-19-15-26(37-30)13-7-9-23(21-32)34-2/h3-19H/b12-6+,13-7+,22-8-,23-9+. The number of allylic oxidation sites excluding steroid dienone is 6. The van der Waals surface area contributed by atoms with Crippen LogP contribution in [0, 0.1) is 35.8 Å². The van der Waals surface area contributed by atoms with E-state index in [0.717, 1.165) is 17.1 Å². The van der Waals surface area contributed by atoms with Gasteiger partial charge in [-0.3, -0.25) is 0 Å². The van der Waals surface area contributed by atoms with Crippen LogP contribution in [0.5, 0.6) is 0 Å². The minimum absolute atomic E-state index is 0.00815. The number of aromatic nitrogens is 1. The van der Waals surface area contributed by atoms with Crippen LogP contribution in [0.25, 0.3) is 50.4 Å². The maximum absolute atomic E-state index is 8.87. The molecule has 1 aromatic carbocycles. The highest BCUT2D eigenvalue weighted by Crippen LogP contribution is 2.34. The predicted molar refractivity (Wildman–Crippen MR) is 140 cm³/mol. The largest absolute Gasteiger partial charge is 0.455 e. The molecule has 0 unspecified atom stereocenters. The van der Waals surface area contributed by atoms with E-state index in [2.05, 4.69) is 9.69 Å². The van der Waals surface area contributed by atoms with Crippen LogP contribution in [-0.2, 0) is 0 Å². The molecule has 4 rings (SSSR count). The van der Waals surface area contributed by atoms with Crippen LogP contribution in [-0.4, -0.2) is 4.57 Å². The molecule has 174 valence electrons. The van der Waals surface area contributed by atoms with Gasteiger partial charge in [0, 0.05) is 5.69 Å². The summed E-state index contributed by atoms with van der Waals surface area (Å²) in [5.74, 6) is 2.41. The van der Waals surface area contributed by atoms with Crippen LogP contribution in [0.1, 0.15) is 11.5 Å². The summed E-state index contributed by atoms with van der Waals surface area (Å²) >= 11 is 0. The van der Waals surface area contributed by atoms with Crippen LogP contribution in [0.3, 0.4) is 0 Å². The van der Waals surface area contributed by atoms with Crippen molar-refractivity contribution in [2.75, 3.05) is 0 Å². The Balaban J connectivity index is 1.70. The summed E-state index contributed by atoms with van der Waals surface area (Å²) in [4.78, 5) is 6.25. The Morgan fingerprint density at radius 2 is 1.19 bits per heavy atom. The molecule has 3 heterocycles. The minimum Gasteiger partial charge on any atom is -0.455 e. The number of nitrogens with zero attached hydrogens (tertiary/aromatic N) is 5. The van der Waals surface area contributed by atoms with Gasteiger partial charge in [0.15, 0.2) is 11.5 Å². The zero-order valence-electron chi connectivity index (χ0n) is 19.4. The normalized spacial score (nSPS) is 11.8. The summed E-state index contributed by atoms with van der Waals surface area (Å²) in [5, 5.41) is 17.7. The summed E-state index contributed by atoms with van der Waals surface area (Å²) in [7, 11) is 0. The summed E-state index contributed by atoms with van der Waals surface area (Å²) in [6, 6.07) is 24.7. The Bertz CT molecular complexity index is 1570. The molecule has 0 N–H and O–H groups in total. The van der Waals surface area contributed by atoms with E-state index in [1.165, 1.54) is 12.2 Å². The second-order valence-corrected chi connectivity index (χ2v) is 7.45. The van der Waals surface area contributed by atoms with E-state index in [-0.39, 0.29) is 11.4 Å². The average Bonchev–Trinajstić information content (AvgIpc) is 3.69. The van der Waals surface area contributed by atoms with Gasteiger partial charge in [0.2, 0.25) is 0 Å². The van der Waals surface area contributed by atoms with Gasteiger partial charge in [-0.2, -0.15) is 0 Å². The molecule has 0 bridgehead atoms. The van der Waals surface area contributed by atoms with E-state index in [9.17, 15) is 0 Å². The Labute approximate surface area is 213 Å². The molecule has 0 saturated carbocycles. The van der Waals surface area contributed by atoms with Crippen LogP contribution in [0.2, 0.25) is 0 Å². The summed E-state index contributed by atoms with van der Waals surface area (Å²) in [6.07, 6.45) is 9.45. The summed E-state index contributed by atoms with van der Waals surface area (Å²) in [5.41, 5.74) is 2.51. The van der Waals surface area contributed by atoms with Gasteiger partial charge in [-0.15, -0.1) is 0 Å². The van der Waals surface area contributed by atoms with Gasteiger partial charge < -0.3 is 13.4 Å². The third-order valence-electron chi connectivity index (χ3n) is 5.15. The Morgan fingerprint density at radius 3 is 1.62 bits per heavy atom. The zero-order chi connectivity index (χ0) is 26.0. The van der Waals surface area contributed by atoms with Crippen molar-refractivity contribution in [2.45, 2.75) is 0 Å². The first kappa shape index (κ1) is 24.1. The average molecular weight is 479 g/mol. The second-order valence-electron chi connectivity index (χ2n) is 7.45. The Hall–Kier alpha value is -6.02. The first-order valence-corrected chi connectivity index (χ1v) is 11.0. The van der Waals surface area contributed by atoms with Crippen molar-refractivity contribution < 1.29 is 8.83 Å². The molecule has 0 radical (unpaired) electrons. The summed E-state index contributed by atoms with van der Waals surface area (Å²) < 4.78 is 14.1. The highest BCUT2D eigenvalue weighted by molar-refractivity contribution is 5.70. The molecule has 0 amide bonds. The Kier molecular flexibility index (Phi) is 7.44. The molecular formula is C30H17N5O2. The number of hydrogen-bond donors (Lipinski definition) is 0. The fourth-order valence-corrected chi connectivity index (χ4v) is 3.50. The first-order valence-electron chi connectivity index (χ1n) is 11.0. The smallest absolute Gasteiger partial charge is 0.261 e. The molecule has 3 aromatic heterocycles. The van der Waals surface area contributed by atoms with E-state index >= 15 is 0 Å². The molecule has 0 atom stereocenters. The van der Waals surface area contributed by atoms with Crippen LogP contribution in [0.4, 0.5) is 0 Å². The van der Waals surface area contributed by atoms with Gasteiger partial charge in [0.1, 0.15) is 11.5 Å². The molecule has 0 spiro atoms. The molecule has 0 saturated heterocycles. The first-order chi connectivity index (χ1) is 18.2. The van der Waals surface area contributed by atoms with E-state index in [4.69, 9.17) is 32.5 Å². The maximum atomic E-state index is 8.87. The lowest BCUT2D eigenvalue weighted by atomic mass is 10.2. The molecule has 0 aliphatic carbocycles. The molecule has 7 heteroatoms. The molecule has 7 nitrogen and oxygen atoms in total. The van der Waals surface area contributed by atoms with Crippen LogP contribution >= 0.6 is 0 Å². The monoisotopic (exact) mass is 479 g/mol. The lowest BCUT2D eigenvalue weighted by Gasteiger charge is -2.11. The molecule has 0 aliphatic rings. The number of para-hydroxylation sites is 1. The van der Waals surface area contributed by atoms with Crippen LogP contribution in [0.15, 0.2) is 111 Å². The van der Waals surface area contributed by atoms with Gasteiger partial charge in [0.25, 0.3) is 11.4 Å². The van der Waals surface area contributed by atoms with E-state index in [1.807, 2.05) is 83.4 Å². The van der Waals surface area contributed by atoms with Crippen molar-refractivity contribution in [3.05, 3.63) is 137 Å². The third-order valence-corrected chi connectivity index (χ3v) is 5.15. The van der Waals surface area contributed by atoms with Gasteiger partial charge in [-0.05, 0) is 72.8 Å². The molecule has 0 aliphatic heterocycles. The van der Waals surface area contributed by atoms with Crippen molar-refractivity contribution in [3.8, 4) is 40.7 Å². The fourth-order valence-electron chi connectivity index (χ4n) is 3.50. The zero-order valence-corrected chi connectivity index (χ0v) is 19.4. The van der Waals surface area contributed by atoms with Gasteiger partial charge in [-0.1, -0.05) is 30.4 Å². The Morgan fingerprint density at radius 1 is 0.703 bits per heavy atom.